The molecule has 0 spiro atoms. The summed E-state index contributed by atoms with van der Waals surface area (Å²) in [7, 11) is 0. The molecule has 0 aliphatic heterocycles. The normalized spacial score (nSPS) is 10.7. The lowest BCUT2D eigenvalue weighted by Gasteiger charge is -2.08. The van der Waals surface area contributed by atoms with Crippen LogP contribution in [-0.4, -0.2) is 14.8 Å². The van der Waals surface area contributed by atoms with Crippen molar-refractivity contribution in [1.82, 2.24) is 14.8 Å². The van der Waals surface area contributed by atoms with Gasteiger partial charge in [-0.05, 0) is 31.9 Å². The van der Waals surface area contributed by atoms with Crippen molar-refractivity contribution in [2.75, 3.05) is 0 Å². The van der Waals surface area contributed by atoms with E-state index in [0.717, 1.165) is 22.8 Å². The zero-order valence-electron chi connectivity index (χ0n) is 11.1. The Morgan fingerprint density at radius 1 is 1.33 bits per heavy atom. The lowest BCUT2D eigenvalue weighted by atomic mass is 10.1. The average Bonchev–Trinajstić information content (AvgIpc) is 2.77. The van der Waals surface area contributed by atoms with Gasteiger partial charge in [0.05, 0.1) is 22.6 Å². The van der Waals surface area contributed by atoms with E-state index in [0.29, 0.717) is 11.5 Å². The van der Waals surface area contributed by atoms with Crippen LogP contribution in [0.2, 0.25) is 0 Å². The first-order valence-electron chi connectivity index (χ1n) is 5.97. The zero-order chi connectivity index (χ0) is 13.3. The smallest absolute Gasteiger partial charge is 0.103 e. The van der Waals surface area contributed by atoms with E-state index < -0.39 is 0 Å². The fourth-order valence-electron chi connectivity index (χ4n) is 1.91. The highest BCUT2D eigenvalue weighted by atomic mass is 15.3. The van der Waals surface area contributed by atoms with Crippen molar-refractivity contribution >= 4 is 0 Å². The molecule has 18 heavy (non-hydrogen) atoms. The third kappa shape index (κ3) is 2.12. The van der Waals surface area contributed by atoms with Gasteiger partial charge in [-0.2, -0.15) is 10.4 Å². The Balaban J connectivity index is 2.59. The number of hydrogen-bond donors (Lipinski definition) is 0. The van der Waals surface area contributed by atoms with Gasteiger partial charge in [-0.3, -0.25) is 4.98 Å². The highest BCUT2D eigenvalue weighted by molar-refractivity contribution is 5.51. The maximum Gasteiger partial charge on any atom is 0.103 e. The zero-order valence-corrected chi connectivity index (χ0v) is 11.1. The fraction of sp³-hybridized carbons (Fsp3) is 0.357. The second kappa shape index (κ2) is 4.61. The van der Waals surface area contributed by atoms with Crippen LogP contribution in [0.3, 0.4) is 0 Å². The summed E-state index contributed by atoms with van der Waals surface area (Å²) in [4.78, 5) is 4.31. The van der Waals surface area contributed by atoms with E-state index in [4.69, 9.17) is 0 Å². The van der Waals surface area contributed by atoms with Crippen LogP contribution in [0.25, 0.3) is 5.69 Å². The summed E-state index contributed by atoms with van der Waals surface area (Å²) in [5.41, 5.74) is 4.04. The van der Waals surface area contributed by atoms with E-state index in [1.54, 1.807) is 4.68 Å². The Morgan fingerprint density at radius 2 is 2.06 bits per heavy atom. The fourth-order valence-corrected chi connectivity index (χ4v) is 1.91. The topological polar surface area (TPSA) is 54.5 Å². The number of rotatable bonds is 2. The molecule has 2 heterocycles. The van der Waals surface area contributed by atoms with Gasteiger partial charge >= 0.3 is 0 Å². The molecule has 4 nitrogen and oxygen atoms in total. The van der Waals surface area contributed by atoms with Crippen LogP contribution < -0.4 is 0 Å². The summed E-state index contributed by atoms with van der Waals surface area (Å²) >= 11 is 0. The first kappa shape index (κ1) is 12.3. The summed E-state index contributed by atoms with van der Waals surface area (Å²) < 4.78 is 1.76. The molecule has 0 saturated heterocycles. The van der Waals surface area contributed by atoms with Gasteiger partial charge in [-0.15, -0.1) is 0 Å². The lowest BCUT2D eigenvalue weighted by Crippen LogP contribution is -2.04. The third-order valence-electron chi connectivity index (χ3n) is 2.87. The van der Waals surface area contributed by atoms with Crippen LogP contribution in [0.4, 0.5) is 0 Å². The minimum atomic E-state index is 0.376. The molecule has 0 atom stereocenters. The van der Waals surface area contributed by atoms with Crippen LogP contribution in [0.5, 0.6) is 0 Å². The Bertz CT molecular complexity index is 617. The second-order valence-corrected chi connectivity index (χ2v) is 4.69. The minimum Gasteiger partial charge on any atom is -0.257 e. The highest BCUT2D eigenvalue weighted by Crippen LogP contribution is 2.19. The molecule has 92 valence electrons. The quantitative estimate of drug-likeness (QED) is 0.811. The maximum absolute atomic E-state index is 9.24. The summed E-state index contributed by atoms with van der Waals surface area (Å²) in [5.74, 6) is 0.376. The van der Waals surface area contributed by atoms with E-state index in [9.17, 15) is 5.26 Å². The molecule has 2 rings (SSSR count). The average molecular weight is 240 g/mol. The van der Waals surface area contributed by atoms with Crippen molar-refractivity contribution in [3.8, 4) is 11.8 Å². The van der Waals surface area contributed by atoms with E-state index >= 15 is 0 Å². The number of aryl methyl sites for hydroxylation is 2. The molecular formula is C14H16N4. The predicted octanol–water partition coefficient (Wildman–Crippen LogP) is 2.88. The van der Waals surface area contributed by atoms with Gasteiger partial charge in [-0.1, -0.05) is 13.8 Å². The van der Waals surface area contributed by atoms with Gasteiger partial charge in [0, 0.05) is 11.9 Å². The SMILES string of the molecule is Cc1cc(-n2ccc(C(C)C)n2)c(C#N)c(C)n1. The largest absolute Gasteiger partial charge is 0.257 e. The van der Waals surface area contributed by atoms with Gasteiger partial charge in [0.15, 0.2) is 0 Å². The number of nitrogens with zero attached hydrogens (tertiary/aromatic N) is 4. The van der Waals surface area contributed by atoms with Crippen LogP contribution in [0.1, 0.15) is 42.4 Å². The van der Waals surface area contributed by atoms with Gasteiger partial charge in [-0.25, -0.2) is 4.68 Å². The Hall–Kier alpha value is -2.15. The molecule has 0 aliphatic rings. The summed E-state index contributed by atoms with van der Waals surface area (Å²) in [6.45, 7) is 7.97. The molecule has 0 bridgehead atoms. The van der Waals surface area contributed by atoms with Gasteiger partial charge in [0.2, 0.25) is 0 Å². The predicted molar refractivity (Wildman–Crippen MR) is 69.6 cm³/mol. The van der Waals surface area contributed by atoms with Gasteiger partial charge in [0.25, 0.3) is 0 Å². The summed E-state index contributed by atoms with van der Waals surface area (Å²) in [6.07, 6.45) is 1.89. The number of aromatic nitrogens is 3. The van der Waals surface area contributed by atoms with Crippen LogP contribution >= 0.6 is 0 Å². The van der Waals surface area contributed by atoms with Crippen molar-refractivity contribution in [3.05, 3.63) is 41.0 Å². The molecule has 0 unspecified atom stereocenters. The monoisotopic (exact) mass is 240 g/mol. The molecular weight excluding hydrogens is 224 g/mol. The Morgan fingerprint density at radius 3 is 2.61 bits per heavy atom. The van der Waals surface area contributed by atoms with Crippen LogP contribution in [0.15, 0.2) is 18.3 Å². The molecule has 0 aliphatic carbocycles. The second-order valence-electron chi connectivity index (χ2n) is 4.69. The molecule has 0 radical (unpaired) electrons. The molecule has 4 heteroatoms. The number of hydrogen-bond acceptors (Lipinski definition) is 3. The van der Waals surface area contributed by atoms with Crippen molar-refractivity contribution in [2.45, 2.75) is 33.6 Å². The summed E-state index contributed by atoms with van der Waals surface area (Å²) in [6, 6.07) is 6.08. The van der Waals surface area contributed by atoms with E-state index in [1.807, 2.05) is 32.2 Å². The molecule has 2 aromatic heterocycles. The first-order valence-corrected chi connectivity index (χ1v) is 5.97. The third-order valence-corrected chi connectivity index (χ3v) is 2.87. The Labute approximate surface area is 107 Å². The molecule has 0 fully saturated rings. The lowest BCUT2D eigenvalue weighted by molar-refractivity contribution is 0.765. The standard InChI is InChI=1S/C14H16N4/c1-9(2)13-5-6-18(17-13)14-7-10(3)16-11(4)12(14)8-15/h5-7,9H,1-4H3. The number of pyridine rings is 1. The number of nitriles is 1. The van der Waals surface area contributed by atoms with E-state index in [2.05, 4.69) is 30.0 Å². The molecule has 0 aromatic carbocycles. The van der Waals surface area contributed by atoms with Crippen molar-refractivity contribution in [3.63, 3.8) is 0 Å². The van der Waals surface area contributed by atoms with E-state index in [1.165, 1.54) is 0 Å². The first-order chi connectivity index (χ1) is 8.52. The van der Waals surface area contributed by atoms with Gasteiger partial charge in [0.1, 0.15) is 6.07 Å². The molecule has 0 saturated carbocycles. The highest BCUT2D eigenvalue weighted by Gasteiger charge is 2.12. The van der Waals surface area contributed by atoms with E-state index in [-0.39, 0.29) is 0 Å². The summed E-state index contributed by atoms with van der Waals surface area (Å²) in [5, 5.41) is 13.7. The van der Waals surface area contributed by atoms with Crippen LogP contribution in [0, 0.1) is 25.2 Å². The van der Waals surface area contributed by atoms with Crippen molar-refractivity contribution in [1.29, 1.82) is 5.26 Å². The van der Waals surface area contributed by atoms with Crippen molar-refractivity contribution < 1.29 is 0 Å². The maximum atomic E-state index is 9.24. The Kier molecular flexibility index (Phi) is 3.15. The molecule has 2 aromatic rings. The van der Waals surface area contributed by atoms with Crippen molar-refractivity contribution in [2.24, 2.45) is 0 Å². The minimum absolute atomic E-state index is 0.376. The molecule has 0 N–H and O–H groups in total. The van der Waals surface area contributed by atoms with Crippen LogP contribution in [-0.2, 0) is 0 Å². The van der Waals surface area contributed by atoms with Gasteiger partial charge < -0.3 is 0 Å². The molecule has 0 amide bonds.